The lowest BCUT2D eigenvalue weighted by Gasteiger charge is -2.37. The number of ether oxygens (including phenoxy) is 3. The number of rotatable bonds is 9. The van der Waals surface area contributed by atoms with Gasteiger partial charge in [-0.2, -0.15) is 0 Å². The Bertz CT molecular complexity index is 977. The summed E-state index contributed by atoms with van der Waals surface area (Å²) in [5.41, 5.74) is -0.647. The molecular weight excluding hydrogens is 526 g/mol. The second-order valence-corrected chi connectivity index (χ2v) is 19.1. The fraction of sp³-hybridized carbons (Fsp3) is 0.710. The summed E-state index contributed by atoms with van der Waals surface area (Å²) in [5, 5.41) is 0.0527. The maximum atomic E-state index is 13.5. The Hall–Kier alpha value is -2.39. The molecule has 226 valence electrons. The number of esters is 1. The highest BCUT2D eigenvalue weighted by molar-refractivity contribution is 6.74. The lowest BCUT2D eigenvalue weighted by molar-refractivity contribution is -0.146. The van der Waals surface area contributed by atoms with Crippen molar-refractivity contribution >= 4 is 26.5 Å². The molecule has 1 aromatic carbocycles. The van der Waals surface area contributed by atoms with E-state index >= 15 is 0 Å². The van der Waals surface area contributed by atoms with E-state index in [4.69, 9.17) is 18.6 Å². The van der Waals surface area contributed by atoms with Gasteiger partial charge in [0.15, 0.2) is 8.32 Å². The van der Waals surface area contributed by atoms with Crippen LogP contribution in [0.25, 0.3) is 0 Å². The Morgan fingerprint density at radius 2 is 1.48 bits per heavy atom. The number of hydrogen-bond donors (Lipinski definition) is 0. The van der Waals surface area contributed by atoms with E-state index in [-0.39, 0.29) is 16.9 Å². The third kappa shape index (κ3) is 10.2. The number of carbonyl (C=O) groups is 3. The maximum absolute atomic E-state index is 13.5. The van der Waals surface area contributed by atoms with E-state index in [2.05, 4.69) is 33.9 Å². The summed E-state index contributed by atoms with van der Waals surface area (Å²) in [6.45, 7) is 21.8. The summed E-state index contributed by atoms with van der Waals surface area (Å²) in [5.74, 6) is -0.706. The van der Waals surface area contributed by atoms with Crippen LogP contribution in [0.2, 0.25) is 18.1 Å². The van der Waals surface area contributed by atoms with Gasteiger partial charge < -0.3 is 18.6 Å². The molecule has 9 heteroatoms. The third-order valence-electron chi connectivity index (χ3n) is 7.30. The number of cyclic esters (lactones) is 1. The monoisotopic (exact) mass is 577 g/mol. The summed E-state index contributed by atoms with van der Waals surface area (Å²) < 4.78 is 23.5. The smallest absolute Gasteiger partial charge is 0.420 e. The summed E-state index contributed by atoms with van der Waals surface area (Å²) in [6.07, 6.45) is -0.479. The van der Waals surface area contributed by atoms with E-state index in [0.29, 0.717) is 32.3 Å². The quantitative estimate of drug-likeness (QED) is 0.130. The molecule has 8 nitrogen and oxygen atoms in total. The van der Waals surface area contributed by atoms with Crippen molar-refractivity contribution in [1.82, 2.24) is 4.90 Å². The van der Waals surface area contributed by atoms with E-state index in [9.17, 15) is 14.4 Å². The fourth-order valence-electron chi connectivity index (χ4n) is 4.26. The van der Waals surface area contributed by atoms with Gasteiger partial charge in [0.1, 0.15) is 17.3 Å². The van der Waals surface area contributed by atoms with Crippen molar-refractivity contribution in [2.75, 3.05) is 6.61 Å². The molecule has 0 radical (unpaired) electrons. The molecule has 0 N–H and O–H groups in total. The number of hydrogen-bond acceptors (Lipinski definition) is 7. The Morgan fingerprint density at radius 1 is 0.950 bits per heavy atom. The number of imide groups is 1. The highest BCUT2D eigenvalue weighted by atomic mass is 28.4. The number of benzene rings is 1. The minimum absolute atomic E-state index is 0.0527. The average molecular weight is 578 g/mol. The molecule has 0 saturated carbocycles. The normalized spacial score (nSPS) is 19.1. The van der Waals surface area contributed by atoms with Gasteiger partial charge in [0.2, 0.25) is 0 Å². The molecule has 1 aliphatic heterocycles. The van der Waals surface area contributed by atoms with E-state index < -0.39 is 43.9 Å². The standard InChI is InChI=1S/C31H51NO7Si/c1-29(2,3)38-27(34)32(28(35)39-30(4,5)6)24(18-15-19-36-40(10,11)31(7,8)9)25-21-23(26(33)37-25)20-22-16-13-12-14-17-22/h12-14,16-17,23-25H,15,18-21H2,1-11H3/t23-,24+,25-/m1/s1. The van der Waals surface area contributed by atoms with Gasteiger partial charge in [-0.1, -0.05) is 51.1 Å². The second kappa shape index (κ2) is 13.1. The molecule has 1 saturated heterocycles. The number of nitrogens with zero attached hydrogens (tertiary/aromatic N) is 1. The van der Waals surface area contributed by atoms with Crippen molar-refractivity contribution < 1.29 is 33.0 Å². The first-order chi connectivity index (χ1) is 18.2. The molecule has 1 aliphatic rings. The van der Waals surface area contributed by atoms with Crippen LogP contribution in [0.5, 0.6) is 0 Å². The predicted molar refractivity (Wildman–Crippen MR) is 159 cm³/mol. The fourth-order valence-corrected chi connectivity index (χ4v) is 5.34. The summed E-state index contributed by atoms with van der Waals surface area (Å²) in [4.78, 5) is 41.0. The minimum Gasteiger partial charge on any atom is -0.460 e. The highest BCUT2D eigenvalue weighted by Crippen LogP contribution is 2.37. The van der Waals surface area contributed by atoms with Gasteiger partial charge in [0.25, 0.3) is 0 Å². The minimum atomic E-state index is -1.99. The summed E-state index contributed by atoms with van der Waals surface area (Å²) in [6, 6.07) is 8.99. The number of amides is 2. The average Bonchev–Trinajstić information content (AvgIpc) is 3.13. The van der Waals surface area contributed by atoms with Gasteiger partial charge >= 0.3 is 18.2 Å². The lowest BCUT2D eigenvalue weighted by atomic mass is 9.92. The Labute approximate surface area is 242 Å². The summed E-state index contributed by atoms with van der Waals surface area (Å²) >= 11 is 0. The molecule has 2 rings (SSSR count). The van der Waals surface area contributed by atoms with Crippen LogP contribution in [0, 0.1) is 5.92 Å². The van der Waals surface area contributed by atoms with Crippen LogP contribution >= 0.6 is 0 Å². The van der Waals surface area contributed by atoms with Gasteiger partial charge in [-0.05, 0) is 84.5 Å². The van der Waals surface area contributed by atoms with Gasteiger partial charge in [-0.3, -0.25) is 4.79 Å². The Kier molecular flexibility index (Phi) is 11.0. The van der Waals surface area contributed by atoms with Crippen LogP contribution in [0.3, 0.4) is 0 Å². The van der Waals surface area contributed by atoms with E-state index in [0.717, 1.165) is 10.5 Å². The number of carbonyl (C=O) groups excluding carboxylic acids is 3. The third-order valence-corrected chi connectivity index (χ3v) is 11.8. The molecule has 0 aromatic heterocycles. The van der Waals surface area contributed by atoms with Crippen LogP contribution in [0.15, 0.2) is 30.3 Å². The van der Waals surface area contributed by atoms with Crippen molar-refractivity contribution in [2.24, 2.45) is 5.92 Å². The van der Waals surface area contributed by atoms with Crippen LogP contribution in [-0.4, -0.2) is 61.3 Å². The molecule has 1 heterocycles. The Morgan fingerprint density at radius 3 is 1.95 bits per heavy atom. The van der Waals surface area contributed by atoms with Crippen molar-refractivity contribution in [3.05, 3.63) is 35.9 Å². The molecular formula is C31H51NO7Si. The molecule has 1 fully saturated rings. The van der Waals surface area contributed by atoms with Gasteiger partial charge in [0, 0.05) is 13.0 Å². The molecule has 0 aliphatic carbocycles. The van der Waals surface area contributed by atoms with Crippen molar-refractivity contribution in [2.45, 2.75) is 129 Å². The van der Waals surface area contributed by atoms with Crippen LogP contribution in [0.1, 0.15) is 87.1 Å². The zero-order chi connectivity index (χ0) is 30.5. The molecule has 2 amide bonds. The first-order valence-corrected chi connectivity index (χ1v) is 17.2. The first-order valence-electron chi connectivity index (χ1n) is 14.3. The Balaban J connectivity index is 2.36. The summed E-state index contributed by atoms with van der Waals surface area (Å²) in [7, 11) is -1.99. The van der Waals surface area contributed by atoms with E-state index in [1.54, 1.807) is 41.5 Å². The van der Waals surface area contributed by atoms with Gasteiger partial charge in [-0.25, -0.2) is 14.5 Å². The zero-order valence-electron chi connectivity index (χ0n) is 26.5. The SMILES string of the molecule is CC(C)(C)OC(=O)N(C(=O)OC(C)(C)C)[C@@H](CCCO[Si](C)(C)C(C)(C)C)[C@H]1C[C@@H](Cc2ccccc2)C(=O)O1. The predicted octanol–water partition coefficient (Wildman–Crippen LogP) is 7.50. The molecule has 0 unspecified atom stereocenters. The molecule has 1 aromatic rings. The topological polar surface area (TPSA) is 91.4 Å². The van der Waals surface area contributed by atoms with E-state index in [1.165, 1.54) is 0 Å². The lowest BCUT2D eigenvalue weighted by Crippen LogP contribution is -2.53. The van der Waals surface area contributed by atoms with Gasteiger partial charge in [-0.15, -0.1) is 0 Å². The second-order valence-electron chi connectivity index (χ2n) is 14.2. The zero-order valence-corrected chi connectivity index (χ0v) is 27.5. The molecule has 0 spiro atoms. The van der Waals surface area contributed by atoms with Crippen molar-refractivity contribution in [3.63, 3.8) is 0 Å². The van der Waals surface area contributed by atoms with Crippen LogP contribution < -0.4 is 0 Å². The van der Waals surface area contributed by atoms with Crippen LogP contribution in [-0.2, 0) is 29.9 Å². The largest absolute Gasteiger partial charge is 0.460 e. The first kappa shape index (κ1) is 33.8. The molecule has 3 atom stereocenters. The van der Waals surface area contributed by atoms with E-state index in [1.807, 2.05) is 30.3 Å². The van der Waals surface area contributed by atoms with Crippen molar-refractivity contribution in [3.8, 4) is 0 Å². The highest BCUT2D eigenvalue weighted by Gasteiger charge is 2.46. The molecule has 0 bridgehead atoms. The maximum Gasteiger partial charge on any atom is 0.420 e. The van der Waals surface area contributed by atoms with Gasteiger partial charge in [0.05, 0.1) is 12.0 Å². The van der Waals surface area contributed by atoms with Crippen molar-refractivity contribution in [1.29, 1.82) is 0 Å². The van der Waals surface area contributed by atoms with Crippen LogP contribution in [0.4, 0.5) is 9.59 Å². The molecule has 40 heavy (non-hydrogen) atoms.